The molecule has 4 atom stereocenters. The van der Waals surface area contributed by atoms with Crippen LogP contribution in [0.2, 0.25) is 0 Å². The highest BCUT2D eigenvalue weighted by Crippen LogP contribution is 2.24. The Morgan fingerprint density at radius 2 is 1.87 bits per heavy atom. The molecule has 0 aromatic heterocycles. The highest BCUT2D eigenvalue weighted by Gasteiger charge is 2.46. The summed E-state index contributed by atoms with van der Waals surface area (Å²) in [6.07, 6.45) is -4.19. The third kappa shape index (κ3) is 6.32. The maximum Gasteiger partial charge on any atom is 0.430 e. The predicted octanol–water partition coefficient (Wildman–Crippen LogP) is -2.76. The zero-order valence-electron chi connectivity index (χ0n) is 16.4. The number of carbonyl (C=O) groups excluding carboxylic acids is 3. The molecule has 0 radical (unpaired) electrons. The fourth-order valence-corrected chi connectivity index (χ4v) is 2.97. The summed E-state index contributed by atoms with van der Waals surface area (Å²) >= 11 is 0. The van der Waals surface area contributed by atoms with Crippen LogP contribution in [0, 0.1) is 0 Å². The van der Waals surface area contributed by atoms with Crippen molar-refractivity contribution in [3.8, 4) is 0 Å². The fourth-order valence-electron chi connectivity index (χ4n) is 2.97. The molecule has 1 fully saturated rings. The van der Waals surface area contributed by atoms with Crippen molar-refractivity contribution in [3.63, 3.8) is 0 Å². The van der Waals surface area contributed by atoms with E-state index in [4.69, 9.17) is 19.7 Å². The minimum absolute atomic E-state index is 0.0171. The molecule has 0 spiro atoms. The molecular weight excluding hydrogens is 417 g/mol. The molecule has 170 valence electrons. The van der Waals surface area contributed by atoms with E-state index in [1.807, 2.05) is 6.92 Å². The number of alkyl halides is 3. The second-order valence-corrected chi connectivity index (χ2v) is 6.75. The summed E-state index contributed by atoms with van der Waals surface area (Å²) < 4.78 is 36.9. The molecule has 30 heavy (non-hydrogen) atoms. The van der Waals surface area contributed by atoms with E-state index in [9.17, 15) is 27.6 Å². The molecule has 5 N–H and O–H groups in total. The molecule has 2 aliphatic heterocycles. The quantitative estimate of drug-likeness (QED) is 0.424. The van der Waals surface area contributed by atoms with Crippen LogP contribution in [-0.2, 0) is 23.9 Å². The number of nitrogens with zero attached hydrogens (tertiary/aromatic N) is 2. The average Bonchev–Trinajstić information content (AvgIpc) is 2.93. The summed E-state index contributed by atoms with van der Waals surface area (Å²) in [6.45, 7) is 3.96. The average molecular weight is 440 g/mol. The van der Waals surface area contributed by atoms with Gasteiger partial charge in [0.15, 0.2) is 0 Å². The van der Waals surface area contributed by atoms with Gasteiger partial charge in [-0.3, -0.25) is 14.6 Å². The number of carboxylic acid groups (broad SMARTS) is 2. The molecule has 1 unspecified atom stereocenters. The summed E-state index contributed by atoms with van der Waals surface area (Å²) in [7, 11) is 1.78. The van der Waals surface area contributed by atoms with Gasteiger partial charge in [0.1, 0.15) is 18.1 Å². The second kappa shape index (κ2) is 9.75. The van der Waals surface area contributed by atoms with Gasteiger partial charge in [-0.1, -0.05) is 0 Å². The van der Waals surface area contributed by atoms with E-state index in [0.717, 1.165) is 13.0 Å². The first-order chi connectivity index (χ1) is 13.7. The van der Waals surface area contributed by atoms with Crippen LogP contribution in [0.5, 0.6) is 0 Å². The largest absolute Gasteiger partial charge is 0.542 e. The molecule has 11 nitrogen and oxygen atoms in total. The number of hydrazine groups is 1. The van der Waals surface area contributed by atoms with Gasteiger partial charge in [0.25, 0.3) is 5.91 Å². The maximum absolute atomic E-state index is 12.9. The number of amides is 2. The molecule has 2 heterocycles. The lowest BCUT2D eigenvalue weighted by molar-refractivity contribution is -0.415. The van der Waals surface area contributed by atoms with E-state index in [-0.39, 0.29) is 23.6 Å². The Morgan fingerprint density at radius 1 is 1.33 bits per heavy atom. The number of nitrogens with one attached hydrogen (secondary N) is 1. The maximum atomic E-state index is 12.9. The summed E-state index contributed by atoms with van der Waals surface area (Å²) in [5.74, 6) is -5.30. The van der Waals surface area contributed by atoms with E-state index in [1.165, 1.54) is 13.0 Å². The second-order valence-electron chi connectivity index (χ2n) is 6.75. The van der Waals surface area contributed by atoms with E-state index in [2.05, 4.69) is 11.1 Å². The van der Waals surface area contributed by atoms with Crippen molar-refractivity contribution < 1.29 is 53.0 Å². The molecule has 2 rings (SSSR count). The molecule has 0 aromatic carbocycles. The van der Waals surface area contributed by atoms with Crippen LogP contribution in [0.4, 0.5) is 13.2 Å². The van der Waals surface area contributed by atoms with Gasteiger partial charge in [0.2, 0.25) is 17.8 Å². The number of ether oxygens (including phenoxy) is 1. The molecule has 0 aliphatic carbocycles. The standard InChI is InChI=1S/C14H22N4O5.C2HF3O2/c1-7-4-5-17(3)18(7)13(20)12-11(16-8(2)19)9(15)6-10(23-12)14(21)22;3-2(4,5)1(6)7/h6-7,9,11-12H,4-5,15H2,1-3H3,(H,16,19)(H,21,22);(H,6,7)/t7?,9-,11+,12+;/m0./s1. The highest BCUT2D eigenvalue weighted by molar-refractivity contribution is 5.88. The summed E-state index contributed by atoms with van der Waals surface area (Å²) in [5, 5.41) is 23.9. The van der Waals surface area contributed by atoms with E-state index in [1.54, 1.807) is 17.1 Å². The number of halogens is 3. The van der Waals surface area contributed by atoms with Crippen molar-refractivity contribution in [2.45, 2.75) is 50.7 Å². The lowest BCUT2D eigenvalue weighted by Crippen LogP contribution is -2.74. The van der Waals surface area contributed by atoms with Crippen LogP contribution in [-0.4, -0.2) is 82.9 Å². The Morgan fingerprint density at radius 3 is 2.23 bits per heavy atom. The number of hydrogen-bond acceptors (Lipinski definition) is 7. The van der Waals surface area contributed by atoms with Crippen LogP contribution < -0.4 is 16.2 Å². The van der Waals surface area contributed by atoms with Gasteiger partial charge in [-0.25, -0.2) is 9.80 Å². The van der Waals surface area contributed by atoms with Crippen molar-refractivity contribution in [1.29, 1.82) is 0 Å². The molecule has 0 saturated carbocycles. The van der Waals surface area contributed by atoms with E-state index >= 15 is 0 Å². The van der Waals surface area contributed by atoms with Crippen LogP contribution in [0.3, 0.4) is 0 Å². The fraction of sp³-hybridized carbons (Fsp3) is 0.625. The number of hydrogen-bond donors (Lipinski definition) is 3. The predicted molar refractivity (Wildman–Crippen MR) is 89.5 cm³/mol. The summed E-state index contributed by atoms with van der Waals surface area (Å²) in [4.78, 5) is 44.3. The lowest BCUT2D eigenvalue weighted by atomic mass is 9.97. The third-order valence-corrected chi connectivity index (χ3v) is 4.34. The molecule has 0 aromatic rings. The number of rotatable bonds is 3. The Labute approximate surface area is 169 Å². The number of quaternary nitrogens is 1. The number of carbonyl (C=O) groups is 4. The molecule has 1 saturated heterocycles. The van der Waals surface area contributed by atoms with Crippen molar-refractivity contribution in [1.82, 2.24) is 15.3 Å². The van der Waals surface area contributed by atoms with Crippen LogP contribution in [0.25, 0.3) is 0 Å². The monoisotopic (exact) mass is 440 g/mol. The van der Waals surface area contributed by atoms with Crippen molar-refractivity contribution in [3.05, 3.63) is 11.8 Å². The van der Waals surface area contributed by atoms with Gasteiger partial charge < -0.3 is 30.8 Å². The topological polar surface area (TPSA) is 167 Å². The zero-order chi connectivity index (χ0) is 23.4. The van der Waals surface area contributed by atoms with Gasteiger partial charge in [0, 0.05) is 32.6 Å². The molecule has 2 aliphatic rings. The first-order valence-electron chi connectivity index (χ1n) is 8.71. The van der Waals surface area contributed by atoms with Gasteiger partial charge in [-0.2, -0.15) is 13.2 Å². The highest BCUT2D eigenvalue weighted by atomic mass is 19.4. The van der Waals surface area contributed by atoms with Crippen molar-refractivity contribution in [2.75, 3.05) is 13.6 Å². The van der Waals surface area contributed by atoms with Gasteiger partial charge >= 0.3 is 12.1 Å². The van der Waals surface area contributed by atoms with Crippen molar-refractivity contribution >= 4 is 23.8 Å². The van der Waals surface area contributed by atoms with Crippen LogP contribution in [0.1, 0.15) is 20.3 Å². The smallest absolute Gasteiger partial charge is 0.430 e. The number of carboxylic acids is 2. The molecule has 0 bridgehead atoms. The Balaban J connectivity index is 0.000000553. The molecule has 14 heteroatoms. The van der Waals surface area contributed by atoms with Gasteiger partial charge in [0.05, 0.1) is 0 Å². The SMILES string of the molecule is CC(=O)N[C@@H]1[C@@H]([NH3+])C=C(C(=O)O)O[C@H]1C(=O)N1C(C)CCN1C.O=C([O-])C(F)(F)F. The first-order valence-corrected chi connectivity index (χ1v) is 8.71. The number of aliphatic carboxylic acids is 2. The van der Waals surface area contributed by atoms with E-state index in [0.29, 0.717) is 0 Å². The Kier molecular flexibility index (Phi) is 8.18. The minimum atomic E-state index is -5.19. The normalized spacial score (nSPS) is 26.6. The van der Waals surface area contributed by atoms with Crippen molar-refractivity contribution in [2.24, 2.45) is 0 Å². The third-order valence-electron chi connectivity index (χ3n) is 4.34. The lowest BCUT2D eigenvalue weighted by Gasteiger charge is -2.37. The van der Waals surface area contributed by atoms with Gasteiger partial charge in [-0.05, 0) is 13.3 Å². The molecular formula is C16H23F3N4O7. The summed E-state index contributed by atoms with van der Waals surface area (Å²) in [5.41, 5.74) is 3.84. The van der Waals surface area contributed by atoms with E-state index < -0.39 is 36.3 Å². The first kappa shape index (κ1) is 25.2. The Bertz CT molecular complexity index is 718. The van der Waals surface area contributed by atoms with Crippen LogP contribution >= 0.6 is 0 Å². The Hall–Kier alpha value is -2.87. The zero-order valence-corrected chi connectivity index (χ0v) is 16.4. The van der Waals surface area contributed by atoms with Gasteiger partial charge in [-0.15, -0.1) is 0 Å². The minimum Gasteiger partial charge on any atom is -0.542 e. The summed E-state index contributed by atoms with van der Waals surface area (Å²) in [6, 6.07) is -1.32. The molecule has 2 amide bonds. The van der Waals surface area contributed by atoms with Crippen LogP contribution in [0.15, 0.2) is 11.8 Å².